The van der Waals surface area contributed by atoms with Crippen LogP contribution in [-0.2, 0) is 0 Å². The molecule has 5 nitrogen and oxygen atoms in total. The lowest BCUT2D eigenvalue weighted by Crippen LogP contribution is -2.00. The van der Waals surface area contributed by atoms with E-state index in [9.17, 15) is 0 Å². The van der Waals surface area contributed by atoms with Crippen molar-refractivity contribution in [2.45, 2.75) is 6.92 Å². The van der Waals surface area contributed by atoms with E-state index < -0.39 is 0 Å². The molecule has 84 valence electrons. The molecule has 6 heteroatoms. The van der Waals surface area contributed by atoms with Crippen molar-refractivity contribution in [2.24, 2.45) is 0 Å². The third kappa shape index (κ3) is 1.64. The summed E-state index contributed by atoms with van der Waals surface area (Å²) in [6, 6.07) is 3.57. The number of hydrogen-bond donors (Lipinski definition) is 0. The zero-order valence-electron chi connectivity index (χ0n) is 9.00. The average molecular weight is 246 g/mol. The van der Waals surface area contributed by atoms with E-state index in [4.69, 9.17) is 11.6 Å². The molecule has 0 aliphatic carbocycles. The van der Waals surface area contributed by atoms with E-state index in [1.54, 1.807) is 23.1 Å². The Labute approximate surface area is 102 Å². The zero-order chi connectivity index (χ0) is 11.8. The van der Waals surface area contributed by atoms with Crippen molar-refractivity contribution < 1.29 is 0 Å². The minimum atomic E-state index is 0.394. The smallest absolute Gasteiger partial charge is 0.158 e. The van der Waals surface area contributed by atoms with Crippen molar-refractivity contribution in [3.8, 4) is 5.82 Å². The first kappa shape index (κ1) is 10.2. The van der Waals surface area contributed by atoms with Crippen molar-refractivity contribution in [2.75, 3.05) is 0 Å². The van der Waals surface area contributed by atoms with Crippen LogP contribution in [0.1, 0.15) is 5.69 Å². The molecule has 17 heavy (non-hydrogen) atoms. The summed E-state index contributed by atoms with van der Waals surface area (Å²) in [6.07, 6.45) is 4.93. The number of aryl methyl sites for hydroxylation is 1. The molecule has 0 saturated carbocycles. The molecule has 3 rings (SSSR count). The fourth-order valence-electron chi connectivity index (χ4n) is 1.72. The molecule has 3 aromatic rings. The van der Waals surface area contributed by atoms with E-state index in [1.165, 1.54) is 6.33 Å². The molecule has 0 spiro atoms. The summed E-state index contributed by atoms with van der Waals surface area (Å²) in [5, 5.41) is 5.82. The highest BCUT2D eigenvalue weighted by molar-refractivity contribution is 6.29. The summed E-state index contributed by atoms with van der Waals surface area (Å²) < 4.78 is 1.74. The van der Waals surface area contributed by atoms with Gasteiger partial charge in [-0.15, -0.1) is 0 Å². The number of aromatic nitrogens is 5. The van der Waals surface area contributed by atoms with Crippen LogP contribution in [-0.4, -0.2) is 24.7 Å². The molecule has 0 N–H and O–H groups in total. The Balaban J connectivity index is 2.31. The van der Waals surface area contributed by atoms with Crippen LogP contribution < -0.4 is 0 Å². The summed E-state index contributed by atoms with van der Waals surface area (Å²) >= 11 is 5.85. The van der Waals surface area contributed by atoms with Crippen LogP contribution in [0.3, 0.4) is 0 Å². The Hall–Kier alpha value is -2.01. The summed E-state index contributed by atoms with van der Waals surface area (Å²) in [6.45, 7) is 1.93. The predicted molar refractivity (Wildman–Crippen MR) is 64.2 cm³/mol. The molecular formula is C11H8ClN5. The lowest BCUT2D eigenvalue weighted by molar-refractivity contribution is 0.849. The summed E-state index contributed by atoms with van der Waals surface area (Å²) in [4.78, 5) is 12.1. The predicted octanol–water partition coefficient (Wildman–Crippen LogP) is 2.17. The van der Waals surface area contributed by atoms with Crippen LogP contribution in [0.2, 0.25) is 5.15 Å². The van der Waals surface area contributed by atoms with Gasteiger partial charge >= 0.3 is 0 Å². The SMILES string of the molecule is Cc1nn(-c2cc(Cl)ncn2)c2ccncc12. The molecular weight excluding hydrogens is 238 g/mol. The monoisotopic (exact) mass is 245 g/mol. The van der Waals surface area contributed by atoms with Crippen LogP contribution in [0.4, 0.5) is 0 Å². The Morgan fingerprint density at radius 2 is 2.18 bits per heavy atom. The van der Waals surface area contributed by atoms with Gasteiger partial charge < -0.3 is 0 Å². The highest BCUT2D eigenvalue weighted by Gasteiger charge is 2.09. The third-order valence-corrected chi connectivity index (χ3v) is 2.71. The fraction of sp³-hybridized carbons (Fsp3) is 0.0909. The van der Waals surface area contributed by atoms with Gasteiger partial charge in [0.1, 0.15) is 11.5 Å². The first-order valence-electron chi connectivity index (χ1n) is 5.03. The highest BCUT2D eigenvalue weighted by Crippen LogP contribution is 2.20. The quantitative estimate of drug-likeness (QED) is 0.617. The highest BCUT2D eigenvalue weighted by atomic mass is 35.5. The normalized spacial score (nSPS) is 10.9. The molecule has 3 heterocycles. The topological polar surface area (TPSA) is 56.5 Å². The molecule has 0 radical (unpaired) electrons. The maximum absolute atomic E-state index is 5.85. The number of halogens is 1. The van der Waals surface area contributed by atoms with Crippen molar-refractivity contribution >= 4 is 22.5 Å². The van der Waals surface area contributed by atoms with Gasteiger partial charge in [-0.25, -0.2) is 14.6 Å². The second-order valence-electron chi connectivity index (χ2n) is 3.59. The number of fused-ring (bicyclic) bond motifs is 1. The average Bonchev–Trinajstić information content (AvgIpc) is 2.68. The van der Waals surface area contributed by atoms with Gasteiger partial charge in [-0.3, -0.25) is 4.98 Å². The molecule has 0 fully saturated rings. The molecule has 0 amide bonds. The van der Waals surface area contributed by atoms with Gasteiger partial charge in [-0.1, -0.05) is 11.6 Å². The van der Waals surface area contributed by atoms with Crippen LogP contribution in [0.15, 0.2) is 30.9 Å². The van der Waals surface area contributed by atoms with E-state index in [0.717, 1.165) is 16.6 Å². The van der Waals surface area contributed by atoms with E-state index in [0.29, 0.717) is 11.0 Å². The lowest BCUT2D eigenvalue weighted by Gasteiger charge is -2.01. The molecule has 0 atom stereocenters. The van der Waals surface area contributed by atoms with E-state index in [2.05, 4.69) is 20.1 Å². The molecule has 0 aliphatic heterocycles. The van der Waals surface area contributed by atoms with Gasteiger partial charge in [0, 0.05) is 23.8 Å². The molecule has 0 bridgehead atoms. The van der Waals surface area contributed by atoms with Crippen molar-refractivity contribution in [1.29, 1.82) is 0 Å². The first-order valence-corrected chi connectivity index (χ1v) is 5.41. The van der Waals surface area contributed by atoms with Crippen molar-refractivity contribution in [3.05, 3.63) is 41.7 Å². The molecule has 0 saturated heterocycles. The van der Waals surface area contributed by atoms with Gasteiger partial charge in [-0.05, 0) is 13.0 Å². The second-order valence-corrected chi connectivity index (χ2v) is 3.98. The second kappa shape index (κ2) is 3.78. The molecule has 0 aromatic carbocycles. The van der Waals surface area contributed by atoms with Gasteiger partial charge in [0.05, 0.1) is 11.2 Å². The maximum atomic E-state index is 5.85. The van der Waals surface area contributed by atoms with Crippen LogP contribution in [0.25, 0.3) is 16.7 Å². The standard InChI is InChI=1S/C11H8ClN5/c1-7-8-5-13-3-2-9(8)17(16-7)11-4-10(12)14-6-15-11/h2-6H,1H3. The Morgan fingerprint density at radius 1 is 1.29 bits per heavy atom. The number of hydrogen-bond acceptors (Lipinski definition) is 4. The Bertz CT molecular complexity index is 691. The largest absolute Gasteiger partial charge is 0.264 e. The molecule has 0 unspecified atom stereocenters. The van der Waals surface area contributed by atoms with E-state index >= 15 is 0 Å². The third-order valence-electron chi connectivity index (χ3n) is 2.50. The van der Waals surface area contributed by atoms with Gasteiger partial charge in [-0.2, -0.15) is 5.10 Å². The molecule has 3 aromatic heterocycles. The van der Waals surface area contributed by atoms with Crippen LogP contribution in [0.5, 0.6) is 0 Å². The fourth-order valence-corrected chi connectivity index (χ4v) is 1.86. The van der Waals surface area contributed by atoms with E-state index in [-0.39, 0.29) is 0 Å². The first-order chi connectivity index (χ1) is 8.25. The Morgan fingerprint density at radius 3 is 3.00 bits per heavy atom. The van der Waals surface area contributed by atoms with Gasteiger partial charge in [0.2, 0.25) is 0 Å². The van der Waals surface area contributed by atoms with E-state index in [1.807, 2.05) is 13.0 Å². The zero-order valence-corrected chi connectivity index (χ0v) is 9.76. The van der Waals surface area contributed by atoms with Crippen molar-refractivity contribution in [3.63, 3.8) is 0 Å². The summed E-state index contributed by atoms with van der Waals surface area (Å²) in [7, 11) is 0. The summed E-state index contributed by atoms with van der Waals surface area (Å²) in [5.74, 6) is 0.648. The van der Waals surface area contributed by atoms with Gasteiger partial charge in [0.15, 0.2) is 5.82 Å². The maximum Gasteiger partial charge on any atom is 0.158 e. The number of rotatable bonds is 1. The van der Waals surface area contributed by atoms with Crippen LogP contribution in [0, 0.1) is 6.92 Å². The Kier molecular flexibility index (Phi) is 2.26. The van der Waals surface area contributed by atoms with Crippen molar-refractivity contribution in [1.82, 2.24) is 24.7 Å². The van der Waals surface area contributed by atoms with Crippen LogP contribution >= 0.6 is 11.6 Å². The number of pyridine rings is 1. The van der Waals surface area contributed by atoms with Gasteiger partial charge in [0.25, 0.3) is 0 Å². The number of nitrogens with zero attached hydrogens (tertiary/aromatic N) is 5. The lowest BCUT2D eigenvalue weighted by atomic mass is 10.3. The minimum absolute atomic E-state index is 0.394. The minimum Gasteiger partial charge on any atom is -0.264 e. The summed E-state index contributed by atoms with van der Waals surface area (Å²) in [5.41, 5.74) is 1.86. The molecule has 0 aliphatic rings.